The van der Waals surface area contributed by atoms with E-state index in [2.05, 4.69) is 0 Å². The summed E-state index contributed by atoms with van der Waals surface area (Å²) in [6.07, 6.45) is -2.87. The summed E-state index contributed by atoms with van der Waals surface area (Å²) in [6.45, 7) is 0. The van der Waals surface area contributed by atoms with Gasteiger partial charge in [-0.15, -0.1) is 0 Å². The zero-order valence-electron chi connectivity index (χ0n) is 11.7. The largest absolute Gasteiger partial charge is 0.417 e. The molecular formula is C14H11F3N4OS. The Morgan fingerprint density at radius 3 is 2.43 bits per heavy atom. The number of amides is 1. The van der Waals surface area contributed by atoms with Crippen LogP contribution in [-0.2, 0) is 11.0 Å². The summed E-state index contributed by atoms with van der Waals surface area (Å²) in [5.74, 6) is 5.45. The topological polar surface area (TPSA) is 73.4 Å². The van der Waals surface area contributed by atoms with Gasteiger partial charge in [0.25, 0.3) is 5.91 Å². The Labute approximate surface area is 135 Å². The normalized spacial score (nSPS) is 20.0. The van der Waals surface area contributed by atoms with Gasteiger partial charge in [0.1, 0.15) is 5.54 Å². The number of carbonyl (C=O) groups excluding carboxylic acids is 1. The van der Waals surface area contributed by atoms with Gasteiger partial charge in [-0.2, -0.15) is 18.4 Å². The number of rotatable bonds is 1. The first-order chi connectivity index (χ1) is 10.7. The van der Waals surface area contributed by atoms with Crippen LogP contribution in [0.2, 0.25) is 0 Å². The number of hydrazine groups is 1. The van der Waals surface area contributed by atoms with Crippen LogP contribution in [0.4, 0.5) is 18.9 Å². The van der Waals surface area contributed by atoms with Crippen LogP contribution in [0.25, 0.3) is 0 Å². The van der Waals surface area contributed by atoms with Gasteiger partial charge in [0, 0.05) is 0 Å². The molecule has 0 unspecified atom stereocenters. The minimum Gasteiger partial charge on any atom is -0.271 e. The monoisotopic (exact) mass is 340 g/mol. The minimum absolute atomic E-state index is 0.0347. The minimum atomic E-state index is -4.71. The molecule has 9 heteroatoms. The lowest BCUT2D eigenvalue weighted by atomic mass is 9.76. The smallest absolute Gasteiger partial charge is 0.271 e. The van der Waals surface area contributed by atoms with Crippen LogP contribution in [0.1, 0.15) is 30.4 Å². The molecule has 23 heavy (non-hydrogen) atoms. The first-order valence-corrected chi connectivity index (χ1v) is 7.18. The Hall–Kier alpha value is -2.18. The molecule has 1 aliphatic heterocycles. The summed E-state index contributed by atoms with van der Waals surface area (Å²) in [4.78, 5) is 13.6. The average Bonchev–Trinajstić information content (AvgIpc) is 2.64. The van der Waals surface area contributed by atoms with Gasteiger partial charge in [-0.05, 0) is 49.7 Å². The Bertz CT molecular complexity index is 751. The van der Waals surface area contributed by atoms with Crippen LogP contribution in [0, 0.1) is 11.3 Å². The van der Waals surface area contributed by atoms with Gasteiger partial charge in [-0.1, -0.05) is 0 Å². The molecule has 2 aliphatic rings. The van der Waals surface area contributed by atoms with E-state index in [9.17, 15) is 18.0 Å². The van der Waals surface area contributed by atoms with Gasteiger partial charge in [0.05, 0.1) is 22.9 Å². The summed E-state index contributed by atoms with van der Waals surface area (Å²) in [5.41, 5.74) is -2.60. The zero-order chi connectivity index (χ0) is 17.0. The molecule has 2 fully saturated rings. The van der Waals surface area contributed by atoms with Gasteiger partial charge in [-0.25, -0.2) is 5.84 Å². The summed E-state index contributed by atoms with van der Waals surface area (Å²) in [5, 5.41) is 9.96. The molecule has 120 valence electrons. The van der Waals surface area contributed by atoms with Crippen molar-refractivity contribution in [1.29, 1.82) is 5.26 Å². The van der Waals surface area contributed by atoms with Gasteiger partial charge < -0.3 is 0 Å². The second kappa shape index (κ2) is 4.91. The maximum atomic E-state index is 13.1. The number of alkyl halides is 3. The molecule has 0 atom stereocenters. The van der Waals surface area contributed by atoms with Crippen molar-refractivity contribution >= 4 is 28.9 Å². The van der Waals surface area contributed by atoms with E-state index in [0.717, 1.165) is 23.5 Å². The van der Waals surface area contributed by atoms with E-state index in [0.29, 0.717) is 12.8 Å². The number of nitriles is 1. The van der Waals surface area contributed by atoms with E-state index in [1.807, 2.05) is 0 Å². The summed E-state index contributed by atoms with van der Waals surface area (Å²) in [7, 11) is 0. The number of thiocarbonyl (C=S) groups is 1. The lowest BCUT2D eigenvalue weighted by Gasteiger charge is -2.40. The number of hydrogen-bond acceptors (Lipinski definition) is 4. The number of nitrogens with two attached hydrogens (primary N) is 1. The fourth-order valence-corrected chi connectivity index (χ4v) is 3.25. The molecule has 1 aromatic rings. The Morgan fingerprint density at radius 2 is 2.00 bits per heavy atom. The number of nitrogens with zero attached hydrogens (tertiary/aromatic N) is 3. The van der Waals surface area contributed by atoms with E-state index < -0.39 is 28.7 Å². The summed E-state index contributed by atoms with van der Waals surface area (Å²) >= 11 is 5.13. The Kier molecular flexibility index (Phi) is 3.35. The van der Waals surface area contributed by atoms with Crippen molar-refractivity contribution in [2.75, 3.05) is 4.90 Å². The van der Waals surface area contributed by atoms with Crippen LogP contribution >= 0.6 is 12.2 Å². The maximum absolute atomic E-state index is 13.1. The van der Waals surface area contributed by atoms with Crippen LogP contribution in [0.5, 0.6) is 0 Å². The molecule has 2 N–H and O–H groups in total. The van der Waals surface area contributed by atoms with Gasteiger partial charge >= 0.3 is 6.18 Å². The van der Waals surface area contributed by atoms with Crippen LogP contribution in [0.3, 0.4) is 0 Å². The van der Waals surface area contributed by atoms with Crippen LogP contribution < -0.4 is 10.7 Å². The molecule has 1 saturated heterocycles. The highest BCUT2D eigenvalue weighted by Gasteiger charge is 2.58. The molecule has 5 nitrogen and oxygen atoms in total. The fraction of sp³-hybridized carbons (Fsp3) is 0.357. The van der Waals surface area contributed by atoms with Crippen molar-refractivity contribution in [1.82, 2.24) is 5.01 Å². The lowest BCUT2D eigenvalue weighted by Crippen LogP contribution is -2.57. The number of hydrogen-bond donors (Lipinski definition) is 1. The molecule has 1 spiro atoms. The quantitative estimate of drug-likeness (QED) is 0.627. The molecule has 0 radical (unpaired) electrons. The molecule has 1 saturated carbocycles. The first kappa shape index (κ1) is 15.7. The highest BCUT2D eigenvalue weighted by atomic mass is 32.1. The van der Waals surface area contributed by atoms with Crippen molar-refractivity contribution < 1.29 is 18.0 Å². The molecule has 1 amide bonds. The van der Waals surface area contributed by atoms with E-state index >= 15 is 0 Å². The average molecular weight is 340 g/mol. The highest BCUT2D eigenvalue weighted by molar-refractivity contribution is 7.80. The fourth-order valence-electron chi connectivity index (χ4n) is 2.89. The molecule has 0 aromatic heterocycles. The molecule has 3 rings (SSSR count). The third kappa shape index (κ3) is 2.09. The van der Waals surface area contributed by atoms with Gasteiger partial charge in [0.15, 0.2) is 5.11 Å². The van der Waals surface area contributed by atoms with Crippen molar-refractivity contribution in [2.24, 2.45) is 5.84 Å². The van der Waals surface area contributed by atoms with E-state index in [-0.39, 0.29) is 10.8 Å². The van der Waals surface area contributed by atoms with Crippen molar-refractivity contribution in [3.05, 3.63) is 29.3 Å². The van der Waals surface area contributed by atoms with Crippen LogP contribution in [0.15, 0.2) is 18.2 Å². The third-order valence-electron chi connectivity index (χ3n) is 4.33. The van der Waals surface area contributed by atoms with Crippen molar-refractivity contribution in [3.63, 3.8) is 0 Å². The second-order valence-electron chi connectivity index (χ2n) is 5.52. The Morgan fingerprint density at radius 1 is 1.35 bits per heavy atom. The number of halogens is 3. The van der Waals surface area contributed by atoms with E-state index in [1.165, 1.54) is 17.1 Å². The lowest BCUT2D eigenvalue weighted by molar-refractivity contribution is -0.137. The first-order valence-electron chi connectivity index (χ1n) is 6.77. The second-order valence-corrected chi connectivity index (χ2v) is 5.88. The van der Waals surface area contributed by atoms with Gasteiger partial charge in [-0.3, -0.25) is 14.7 Å². The van der Waals surface area contributed by atoms with E-state index in [4.69, 9.17) is 23.3 Å². The molecule has 1 heterocycles. The summed E-state index contributed by atoms with van der Waals surface area (Å²) in [6, 6.07) is 4.55. The van der Waals surface area contributed by atoms with Crippen LogP contribution in [-0.4, -0.2) is 21.6 Å². The van der Waals surface area contributed by atoms with E-state index in [1.54, 1.807) is 0 Å². The molecule has 0 bridgehead atoms. The number of benzene rings is 1. The third-order valence-corrected chi connectivity index (χ3v) is 4.71. The summed E-state index contributed by atoms with van der Waals surface area (Å²) < 4.78 is 39.2. The predicted octanol–water partition coefficient (Wildman–Crippen LogP) is 2.31. The number of carbonyl (C=O) groups is 1. The highest BCUT2D eigenvalue weighted by Crippen LogP contribution is 2.44. The van der Waals surface area contributed by atoms with Gasteiger partial charge in [0.2, 0.25) is 0 Å². The SMILES string of the molecule is N#Cc1ccc(N2C(=O)C3(CCC3)N(N)C2=S)cc1C(F)(F)F. The van der Waals surface area contributed by atoms with Crippen molar-refractivity contribution in [2.45, 2.75) is 31.0 Å². The Balaban J connectivity index is 2.08. The molecule has 1 aromatic carbocycles. The number of anilines is 1. The molecule has 1 aliphatic carbocycles. The predicted molar refractivity (Wildman–Crippen MR) is 78.9 cm³/mol. The van der Waals surface area contributed by atoms with Crippen molar-refractivity contribution in [3.8, 4) is 6.07 Å². The zero-order valence-corrected chi connectivity index (χ0v) is 12.5. The standard InChI is InChI=1S/C14H11F3N4OS/c15-14(16,17)10-6-9(3-2-8(10)7-18)20-11(22)13(4-1-5-13)21(19)12(20)23/h2-3,6H,1,4-5,19H2. The maximum Gasteiger partial charge on any atom is 0.417 e. The molecular weight excluding hydrogens is 329 g/mol.